The van der Waals surface area contributed by atoms with Gasteiger partial charge in [0.2, 0.25) is 0 Å². The van der Waals surface area contributed by atoms with Crippen molar-refractivity contribution < 1.29 is 23.1 Å². The number of dihydropyridines is 1. The van der Waals surface area contributed by atoms with E-state index in [1.807, 2.05) is 0 Å². The van der Waals surface area contributed by atoms with Gasteiger partial charge in [0.05, 0.1) is 22.9 Å². The summed E-state index contributed by atoms with van der Waals surface area (Å²) >= 11 is 0. The van der Waals surface area contributed by atoms with Gasteiger partial charge in [-0.25, -0.2) is 0 Å². The zero-order chi connectivity index (χ0) is 23.3. The van der Waals surface area contributed by atoms with Crippen LogP contribution in [0.4, 0.5) is 24.5 Å². The number of carbonyl (C=O) groups is 1. The Balaban J connectivity index is 1.47. The van der Waals surface area contributed by atoms with E-state index in [9.17, 15) is 28.0 Å². The number of aliphatic hydroxyl groups excluding tert-OH is 1. The fraction of sp³-hybridized carbons (Fsp3) is 0.391. The summed E-state index contributed by atoms with van der Waals surface area (Å²) in [5, 5.41) is 15.7. The van der Waals surface area contributed by atoms with Crippen molar-refractivity contribution in [2.24, 2.45) is 10.2 Å². The van der Waals surface area contributed by atoms with E-state index in [0.717, 1.165) is 38.0 Å². The lowest BCUT2D eigenvalue weighted by Gasteiger charge is -2.26. The second kappa shape index (κ2) is 7.86. The summed E-state index contributed by atoms with van der Waals surface area (Å²) in [5.74, 6) is -1.47. The number of alkyl halides is 3. The third kappa shape index (κ3) is 3.63. The van der Waals surface area contributed by atoms with Crippen LogP contribution in [0.5, 0.6) is 0 Å². The number of aliphatic hydroxyl groups is 1. The maximum absolute atomic E-state index is 13.9. The summed E-state index contributed by atoms with van der Waals surface area (Å²) < 4.78 is 41.7. The van der Waals surface area contributed by atoms with Gasteiger partial charge in [-0.15, -0.1) is 4.91 Å². The molecule has 0 saturated carbocycles. The van der Waals surface area contributed by atoms with Crippen molar-refractivity contribution >= 4 is 23.5 Å². The first-order chi connectivity index (χ1) is 15.8. The van der Waals surface area contributed by atoms with Crippen molar-refractivity contribution in [2.45, 2.75) is 56.4 Å². The minimum Gasteiger partial charge on any atom is -0.507 e. The minimum atomic E-state index is -4.69. The largest absolute Gasteiger partial charge is 0.507 e. The molecule has 1 unspecified atom stereocenters. The Hall–Kier alpha value is -3.43. The molecule has 1 amide bonds. The Morgan fingerprint density at radius 2 is 1.88 bits per heavy atom. The molecule has 3 aliphatic heterocycles. The van der Waals surface area contributed by atoms with Crippen LogP contribution in [-0.4, -0.2) is 35.4 Å². The molecule has 2 N–H and O–H groups in total. The highest BCUT2D eigenvalue weighted by Crippen LogP contribution is 2.44. The number of carbonyl (C=O) groups excluding carboxylic acids is 1. The fourth-order valence-electron chi connectivity index (χ4n) is 5.28. The predicted molar refractivity (Wildman–Crippen MR) is 117 cm³/mol. The Morgan fingerprint density at radius 3 is 2.52 bits per heavy atom. The first-order valence-electron chi connectivity index (χ1n) is 10.8. The van der Waals surface area contributed by atoms with Crippen LogP contribution in [0, 0.1) is 4.91 Å². The smallest absolute Gasteiger partial charge is 0.418 e. The maximum atomic E-state index is 13.9. The number of allylic oxidation sites excluding steroid dienone is 1. The molecule has 3 heterocycles. The molecule has 0 aromatic heterocycles. The zero-order valence-electron chi connectivity index (χ0n) is 17.5. The number of benzene rings is 1. The van der Waals surface area contributed by atoms with Gasteiger partial charge in [-0.05, 0) is 61.6 Å². The highest BCUT2D eigenvalue weighted by Gasteiger charge is 2.41. The molecule has 1 aromatic rings. The SMILES string of the molecule is O=NC1=C2C(O)=C(C(=O)Nc3ccc(N4C5CCC4CC5)cc3C(F)(F)F)C=NC2CC=C1. The standard InChI is InChI=1S/C23H21F3N4O3/c24-23(25,26)16-10-14(30-12-4-5-13(30)7-6-12)8-9-17(16)28-22(32)15-11-27-18-2-1-3-19(29-33)20(18)21(15)31/h1,3,8-13,18,31H,2,4-7H2,(H,28,32). The van der Waals surface area contributed by atoms with Crippen LogP contribution in [0.15, 0.2) is 63.1 Å². The minimum absolute atomic E-state index is 0.0634. The average Bonchev–Trinajstić information content (AvgIpc) is 3.39. The van der Waals surface area contributed by atoms with Crippen LogP contribution < -0.4 is 10.2 Å². The number of fused-ring (bicyclic) bond motifs is 3. The quantitative estimate of drug-likeness (QED) is 0.620. The summed E-state index contributed by atoms with van der Waals surface area (Å²) in [4.78, 5) is 30.2. The number of nitrogens with zero attached hydrogens (tertiary/aromatic N) is 3. The van der Waals surface area contributed by atoms with E-state index >= 15 is 0 Å². The molecule has 7 nitrogen and oxygen atoms in total. The molecular weight excluding hydrogens is 437 g/mol. The molecule has 0 radical (unpaired) electrons. The van der Waals surface area contributed by atoms with E-state index in [1.165, 1.54) is 12.1 Å². The molecule has 1 atom stereocenters. The number of rotatable bonds is 4. The van der Waals surface area contributed by atoms with Crippen LogP contribution in [0.2, 0.25) is 0 Å². The molecule has 4 aliphatic rings. The molecule has 10 heteroatoms. The first-order valence-corrected chi connectivity index (χ1v) is 10.8. The van der Waals surface area contributed by atoms with Gasteiger partial charge in [-0.3, -0.25) is 9.79 Å². The van der Waals surface area contributed by atoms with Gasteiger partial charge in [0.15, 0.2) is 0 Å². The van der Waals surface area contributed by atoms with Crippen molar-refractivity contribution in [1.29, 1.82) is 0 Å². The molecule has 2 bridgehead atoms. The topological polar surface area (TPSA) is 94.4 Å². The highest BCUT2D eigenvalue weighted by atomic mass is 19.4. The van der Waals surface area contributed by atoms with E-state index in [4.69, 9.17) is 0 Å². The van der Waals surface area contributed by atoms with E-state index in [0.29, 0.717) is 12.1 Å². The van der Waals surface area contributed by atoms with E-state index in [-0.39, 0.29) is 28.9 Å². The fourth-order valence-corrected chi connectivity index (χ4v) is 5.28. The monoisotopic (exact) mass is 458 g/mol. The van der Waals surface area contributed by atoms with Crippen molar-refractivity contribution in [3.63, 3.8) is 0 Å². The van der Waals surface area contributed by atoms with Gasteiger partial charge >= 0.3 is 6.18 Å². The molecule has 5 rings (SSSR count). The molecule has 0 spiro atoms. The Morgan fingerprint density at radius 1 is 1.18 bits per heavy atom. The van der Waals surface area contributed by atoms with Gasteiger partial charge in [-0.2, -0.15) is 13.2 Å². The molecule has 1 aliphatic carbocycles. The summed E-state index contributed by atoms with van der Waals surface area (Å²) in [7, 11) is 0. The van der Waals surface area contributed by atoms with Crippen molar-refractivity contribution in [3.8, 4) is 0 Å². The van der Waals surface area contributed by atoms with Crippen LogP contribution >= 0.6 is 0 Å². The number of nitroso groups, excluding NO2 is 1. The van der Waals surface area contributed by atoms with Crippen LogP contribution in [0.25, 0.3) is 0 Å². The van der Waals surface area contributed by atoms with E-state index < -0.39 is 35.1 Å². The van der Waals surface area contributed by atoms with Crippen molar-refractivity contribution in [1.82, 2.24) is 0 Å². The molecule has 2 saturated heterocycles. The number of nitrogens with one attached hydrogen (secondary N) is 1. The lowest BCUT2D eigenvalue weighted by molar-refractivity contribution is -0.136. The van der Waals surface area contributed by atoms with Crippen molar-refractivity contribution in [2.75, 3.05) is 10.2 Å². The summed E-state index contributed by atoms with van der Waals surface area (Å²) in [5.41, 5.74) is -1.17. The summed E-state index contributed by atoms with van der Waals surface area (Å²) in [6.07, 6.45) is 3.81. The molecular formula is C23H21F3N4O3. The molecule has 172 valence electrons. The molecule has 1 aromatic carbocycles. The lowest BCUT2D eigenvalue weighted by atomic mass is 9.91. The molecule has 2 fully saturated rings. The van der Waals surface area contributed by atoms with Crippen molar-refractivity contribution in [3.05, 3.63) is 63.4 Å². The maximum Gasteiger partial charge on any atom is 0.418 e. The van der Waals surface area contributed by atoms with Crippen LogP contribution in [0.1, 0.15) is 37.7 Å². The Kier molecular flexibility index (Phi) is 5.10. The molecule has 33 heavy (non-hydrogen) atoms. The van der Waals surface area contributed by atoms with Crippen LogP contribution in [0.3, 0.4) is 0 Å². The first kappa shape index (κ1) is 21.4. The number of hydrogen-bond acceptors (Lipinski definition) is 6. The van der Waals surface area contributed by atoms with Crippen LogP contribution in [-0.2, 0) is 11.0 Å². The Bertz CT molecular complexity index is 1130. The zero-order valence-corrected chi connectivity index (χ0v) is 17.5. The third-order valence-corrected chi connectivity index (χ3v) is 6.79. The Labute approximate surface area is 187 Å². The lowest BCUT2D eigenvalue weighted by Crippen LogP contribution is -2.29. The van der Waals surface area contributed by atoms with Gasteiger partial charge in [0.1, 0.15) is 11.5 Å². The van der Waals surface area contributed by atoms with Gasteiger partial charge in [0, 0.05) is 29.6 Å². The van der Waals surface area contributed by atoms with Gasteiger partial charge < -0.3 is 15.3 Å². The normalized spacial score (nSPS) is 26.2. The van der Waals surface area contributed by atoms with Gasteiger partial charge in [0.25, 0.3) is 5.91 Å². The average molecular weight is 458 g/mol. The van der Waals surface area contributed by atoms with E-state index in [1.54, 1.807) is 12.1 Å². The van der Waals surface area contributed by atoms with Gasteiger partial charge in [-0.1, -0.05) is 6.08 Å². The number of amides is 1. The number of hydrogen-bond donors (Lipinski definition) is 2. The number of aliphatic imine (C=N–C) groups is 1. The second-order valence-corrected chi connectivity index (χ2v) is 8.64. The third-order valence-electron chi connectivity index (χ3n) is 6.79. The highest BCUT2D eigenvalue weighted by molar-refractivity contribution is 6.19. The number of anilines is 2. The second-order valence-electron chi connectivity index (χ2n) is 8.64. The summed E-state index contributed by atoms with van der Waals surface area (Å²) in [6, 6.07) is 3.85. The number of halogens is 3. The van der Waals surface area contributed by atoms with E-state index in [2.05, 4.69) is 20.4 Å². The summed E-state index contributed by atoms with van der Waals surface area (Å²) in [6.45, 7) is 0. The predicted octanol–water partition coefficient (Wildman–Crippen LogP) is 5.02.